The smallest absolute Gasteiger partial charge is 0.227 e. The summed E-state index contributed by atoms with van der Waals surface area (Å²) >= 11 is 0. The third kappa shape index (κ3) is 3.78. The first-order chi connectivity index (χ1) is 11.5. The summed E-state index contributed by atoms with van der Waals surface area (Å²) in [4.78, 5) is 27.7. The molecule has 24 heavy (non-hydrogen) atoms. The fourth-order valence-corrected chi connectivity index (χ4v) is 3.71. The van der Waals surface area contributed by atoms with Crippen LogP contribution in [0.25, 0.3) is 0 Å². The maximum Gasteiger partial charge on any atom is 0.227 e. The van der Waals surface area contributed by atoms with Gasteiger partial charge in [0.25, 0.3) is 0 Å². The van der Waals surface area contributed by atoms with Gasteiger partial charge in [-0.15, -0.1) is 0 Å². The molecular weight excluding hydrogens is 304 g/mol. The lowest BCUT2D eigenvalue weighted by molar-refractivity contribution is -0.130. The normalized spacial score (nSPS) is 23.8. The predicted molar refractivity (Wildman–Crippen MR) is 92.7 cm³/mol. The predicted octanol–water partition coefficient (Wildman–Crippen LogP) is 1.98. The number of rotatable bonds is 5. The van der Waals surface area contributed by atoms with Crippen LogP contribution in [0.15, 0.2) is 24.3 Å². The average molecular weight is 330 g/mol. The maximum absolute atomic E-state index is 12.4. The number of likely N-dealkylation sites (N-methyl/N-ethyl adjacent to an activating group) is 1. The number of hydrogen-bond acceptors (Lipinski definition) is 3. The van der Waals surface area contributed by atoms with Crippen molar-refractivity contribution in [3.05, 3.63) is 29.8 Å². The molecule has 1 aliphatic heterocycles. The van der Waals surface area contributed by atoms with Gasteiger partial charge in [-0.3, -0.25) is 9.59 Å². The van der Waals surface area contributed by atoms with E-state index in [1.54, 1.807) is 9.80 Å². The minimum atomic E-state index is -0.266. The molecule has 2 aliphatic rings. The number of nitrogens with zero attached hydrogens (tertiary/aromatic N) is 2. The highest BCUT2D eigenvalue weighted by Gasteiger charge is 2.27. The van der Waals surface area contributed by atoms with E-state index in [4.69, 9.17) is 0 Å². The molecule has 5 nitrogen and oxygen atoms in total. The molecule has 2 unspecified atom stereocenters. The van der Waals surface area contributed by atoms with Crippen molar-refractivity contribution in [1.82, 2.24) is 4.90 Å². The van der Waals surface area contributed by atoms with Crippen LogP contribution in [0.2, 0.25) is 0 Å². The molecule has 0 bridgehead atoms. The second kappa shape index (κ2) is 7.34. The summed E-state index contributed by atoms with van der Waals surface area (Å²) in [6.45, 7) is 1.41. The highest BCUT2D eigenvalue weighted by Crippen LogP contribution is 2.26. The summed E-state index contributed by atoms with van der Waals surface area (Å²) in [6, 6.07) is 7.70. The Morgan fingerprint density at radius 3 is 2.58 bits per heavy atom. The molecule has 0 spiro atoms. The molecule has 1 saturated heterocycles. The van der Waals surface area contributed by atoms with Crippen LogP contribution < -0.4 is 4.90 Å². The van der Waals surface area contributed by atoms with Crippen molar-refractivity contribution in [2.75, 3.05) is 25.0 Å². The second-order valence-corrected chi connectivity index (χ2v) is 7.02. The molecule has 1 aliphatic carbocycles. The first-order valence-electron chi connectivity index (χ1n) is 8.86. The standard InChI is InChI=1S/C19H26N2O3/c1-20(13-15-4-2-5-17(15)22)19(24)12-14-7-9-16(10-8-14)21-11-3-6-18(21)23/h7-10,15,17,22H,2-6,11-13H2,1H3. The zero-order valence-electron chi connectivity index (χ0n) is 14.3. The molecule has 0 aromatic heterocycles. The highest BCUT2D eigenvalue weighted by molar-refractivity contribution is 5.95. The van der Waals surface area contributed by atoms with Gasteiger partial charge in [-0.1, -0.05) is 18.6 Å². The molecule has 2 amide bonds. The molecule has 1 saturated carbocycles. The molecule has 3 rings (SSSR count). The summed E-state index contributed by atoms with van der Waals surface area (Å²) < 4.78 is 0. The molecule has 2 atom stereocenters. The largest absolute Gasteiger partial charge is 0.393 e. The van der Waals surface area contributed by atoms with Gasteiger partial charge in [0.15, 0.2) is 0 Å². The van der Waals surface area contributed by atoms with Crippen LogP contribution in [0.1, 0.15) is 37.7 Å². The number of benzene rings is 1. The quantitative estimate of drug-likeness (QED) is 0.898. The minimum absolute atomic E-state index is 0.0686. The second-order valence-electron chi connectivity index (χ2n) is 7.02. The van der Waals surface area contributed by atoms with Crippen LogP contribution in [-0.4, -0.2) is 48.1 Å². The third-order valence-corrected chi connectivity index (χ3v) is 5.23. The van der Waals surface area contributed by atoms with Gasteiger partial charge in [-0.05, 0) is 37.0 Å². The Bertz CT molecular complexity index is 599. The van der Waals surface area contributed by atoms with Crippen molar-refractivity contribution in [2.24, 2.45) is 5.92 Å². The Labute approximate surface area is 143 Å². The molecule has 1 N–H and O–H groups in total. The van der Waals surface area contributed by atoms with Gasteiger partial charge in [0.05, 0.1) is 12.5 Å². The fraction of sp³-hybridized carbons (Fsp3) is 0.579. The van der Waals surface area contributed by atoms with E-state index in [9.17, 15) is 14.7 Å². The molecule has 1 aromatic rings. The van der Waals surface area contributed by atoms with Gasteiger partial charge >= 0.3 is 0 Å². The van der Waals surface area contributed by atoms with E-state index in [0.29, 0.717) is 19.4 Å². The molecule has 1 aromatic carbocycles. The molecule has 1 heterocycles. The maximum atomic E-state index is 12.4. The monoisotopic (exact) mass is 330 g/mol. The number of aliphatic hydroxyl groups excluding tert-OH is 1. The average Bonchev–Trinajstić information content (AvgIpc) is 3.17. The highest BCUT2D eigenvalue weighted by atomic mass is 16.3. The SMILES string of the molecule is CN(CC1CCCC1O)C(=O)Cc1ccc(N2CCCC2=O)cc1. The Kier molecular flexibility index (Phi) is 5.19. The number of anilines is 1. The number of carbonyl (C=O) groups is 2. The summed E-state index contributed by atoms with van der Waals surface area (Å²) in [5, 5.41) is 9.89. The van der Waals surface area contributed by atoms with Crippen LogP contribution in [0.5, 0.6) is 0 Å². The van der Waals surface area contributed by atoms with Crippen molar-refractivity contribution in [3.8, 4) is 0 Å². The van der Waals surface area contributed by atoms with E-state index in [-0.39, 0.29) is 23.8 Å². The van der Waals surface area contributed by atoms with Gasteiger partial charge in [0.1, 0.15) is 0 Å². The Hall–Kier alpha value is -1.88. The first kappa shape index (κ1) is 17.0. The van der Waals surface area contributed by atoms with E-state index in [1.807, 2.05) is 31.3 Å². The Morgan fingerprint density at radius 2 is 2.00 bits per heavy atom. The van der Waals surface area contributed by atoms with Crippen LogP contribution in [0, 0.1) is 5.92 Å². The Balaban J connectivity index is 1.55. The third-order valence-electron chi connectivity index (χ3n) is 5.23. The van der Waals surface area contributed by atoms with Crippen molar-refractivity contribution in [2.45, 2.75) is 44.6 Å². The van der Waals surface area contributed by atoms with E-state index >= 15 is 0 Å². The van der Waals surface area contributed by atoms with Crippen molar-refractivity contribution in [3.63, 3.8) is 0 Å². The summed E-state index contributed by atoms with van der Waals surface area (Å²) in [5.41, 5.74) is 1.87. The summed E-state index contributed by atoms with van der Waals surface area (Å²) in [5.74, 6) is 0.454. The molecule has 130 valence electrons. The summed E-state index contributed by atoms with van der Waals surface area (Å²) in [7, 11) is 1.81. The molecule has 0 radical (unpaired) electrons. The fourth-order valence-electron chi connectivity index (χ4n) is 3.71. The van der Waals surface area contributed by atoms with Crippen LogP contribution in [0.3, 0.4) is 0 Å². The van der Waals surface area contributed by atoms with Crippen molar-refractivity contribution in [1.29, 1.82) is 0 Å². The van der Waals surface area contributed by atoms with Gasteiger partial charge < -0.3 is 14.9 Å². The number of aliphatic hydroxyl groups is 1. The topological polar surface area (TPSA) is 60.9 Å². The van der Waals surface area contributed by atoms with Gasteiger partial charge in [-0.25, -0.2) is 0 Å². The minimum Gasteiger partial charge on any atom is -0.393 e. The van der Waals surface area contributed by atoms with E-state index in [0.717, 1.165) is 43.5 Å². The Morgan fingerprint density at radius 1 is 1.25 bits per heavy atom. The van der Waals surface area contributed by atoms with E-state index in [1.165, 1.54) is 0 Å². The van der Waals surface area contributed by atoms with Crippen LogP contribution in [-0.2, 0) is 16.0 Å². The molecule has 2 fully saturated rings. The number of carbonyl (C=O) groups excluding carboxylic acids is 2. The van der Waals surface area contributed by atoms with Gasteiger partial charge in [0.2, 0.25) is 11.8 Å². The van der Waals surface area contributed by atoms with Gasteiger partial charge in [-0.2, -0.15) is 0 Å². The van der Waals surface area contributed by atoms with Crippen molar-refractivity contribution < 1.29 is 14.7 Å². The van der Waals surface area contributed by atoms with Crippen molar-refractivity contribution >= 4 is 17.5 Å². The molecule has 5 heteroatoms. The zero-order chi connectivity index (χ0) is 17.1. The lowest BCUT2D eigenvalue weighted by Gasteiger charge is -2.23. The van der Waals surface area contributed by atoms with E-state index in [2.05, 4.69) is 0 Å². The first-order valence-corrected chi connectivity index (χ1v) is 8.86. The lowest BCUT2D eigenvalue weighted by Crippen LogP contribution is -2.35. The van der Waals surface area contributed by atoms with Crippen LogP contribution >= 0.6 is 0 Å². The summed E-state index contributed by atoms with van der Waals surface area (Å²) in [6.07, 6.45) is 4.52. The molecular formula is C19H26N2O3. The number of hydrogen-bond donors (Lipinski definition) is 1. The van der Waals surface area contributed by atoms with E-state index < -0.39 is 0 Å². The van der Waals surface area contributed by atoms with Crippen LogP contribution in [0.4, 0.5) is 5.69 Å². The lowest BCUT2D eigenvalue weighted by atomic mass is 10.0. The van der Waals surface area contributed by atoms with Gasteiger partial charge in [0, 0.05) is 38.2 Å². The zero-order valence-corrected chi connectivity index (χ0v) is 14.3. The number of amides is 2.